The van der Waals surface area contributed by atoms with Crippen LogP contribution < -0.4 is 0 Å². The summed E-state index contributed by atoms with van der Waals surface area (Å²) in [5.74, 6) is -0.858. The van der Waals surface area contributed by atoms with Gasteiger partial charge in [-0.3, -0.25) is 4.79 Å². The highest BCUT2D eigenvalue weighted by atomic mass is 16.6. The molecule has 1 heterocycles. The van der Waals surface area contributed by atoms with E-state index in [2.05, 4.69) is 4.79 Å². The summed E-state index contributed by atoms with van der Waals surface area (Å²) >= 11 is 0. The Hall–Kier alpha value is -1.92. The molecule has 0 unspecified atom stereocenters. The van der Waals surface area contributed by atoms with Gasteiger partial charge in [0.25, 0.3) is 0 Å². The van der Waals surface area contributed by atoms with Crippen molar-refractivity contribution in [1.82, 2.24) is 4.90 Å². The molecule has 1 rings (SSSR count). The summed E-state index contributed by atoms with van der Waals surface area (Å²) in [7, 11) is 0. The van der Waals surface area contributed by atoms with Crippen molar-refractivity contribution >= 4 is 18.0 Å². The van der Waals surface area contributed by atoms with Crippen LogP contribution in [0.2, 0.25) is 0 Å². The zero-order chi connectivity index (χ0) is 17.0. The number of nitrogens with zero attached hydrogens (tertiary/aromatic N) is 3. The van der Waals surface area contributed by atoms with E-state index in [1.807, 2.05) is 0 Å². The van der Waals surface area contributed by atoms with Gasteiger partial charge in [0.05, 0.1) is 18.9 Å². The van der Waals surface area contributed by atoms with Crippen molar-refractivity contribution in [3.05, 3.63) is 5.53 Å². The summed E-state index contributed by atoms with van der Waals surface area (Å²) in [6, 6.07) is 0. The number of amides is 1. The van der Waals surface area contributed by atoms with Gasteiger partial charge in [-0.2, -0.15) is 0 Å². The Bertz CT molecular complexity index is 483. The first-order valence-electron chi connectivity index (χ1n) is 7.14. The highest BCUT2D eigenvalue weighted by Gasteiger charge is 2.37. The second-order valence-electron chi connectivity index (χ2n) is 6.46. The van der Waals surface area contributed by atoms with Gasteiger partial charge < -0.3 is 25.0 Å². The maximum atomic E-state index is 11.9. The smallest absolute Gasteiger partial charge is 0.444 e. The van der Waals surface area contributed by atoms with E-state index in [0.717, 1.165) is 0 Å². The van der Waals surface area contributed by atoms with Gasteiger partial charge in [-0.15, -0.1) is 4.79 Å². The fourth-order valence-corrected chi connectivity index (χ4v) is 2.10. The molecule has 1 fully saturated rings. The number of carbonyl (C=O) groups is 2. The van der Waals surface area contributed by atoms with Crippen molar-refractivity contribution in [2.24, 2.45) is 0 Å². The zero-order valence-electron chi connectivity index (χ0n) is 13.5. The van der Waals surface area contributed by atoms with Crippen LogP contribution >= 0.6 is 0 Å². The summed E-state index contributed by atoms with van der Waals surface area (Å²) in [5, 5.41) is 10.4. The number of esters is 1. The van der Waals surface area contributed by atoms with Crippen molar-refractivity contribution in [3.8, 4) is 0 Å². The summed E-state index contributed by atoms with van der Waals surface area (Å²) in [5.41, 5.74) is 6.63. The van der Waals surface area contributed by atoms with E-state index in [-0.39, 0.29) is 25.2 Å². The van der Waals surface area contributed by atoms with Crippen LogP contribution in [0.4, 0.5) is 4.79 Å². The summed E-state index contributed by atoms with van der Waals surface area (Å²) in [6.07, 6.45) is -0.157. The quantitative estimate of drug-likeness (QED) is 0.272. The minimum absolute atomic E-state index is 0.181. The zero-order valence-corrected chi connectivity index (χ0v) is 13.5. The number of carbonyl (C=O) groups excluding carboxylic acids is 2. The SMILES string of the molecule is CC(=[N+]=[N-])OC(=O)CC1(O)CCN(C(=O)OC(C)(C)C)CC1. The molecule has 1 saturated heterocycles. The van der Waals surface area contributed by atoms with Crippen molar-refractivity contribution in [2.75, 3.05) is 13.1 Å². The molecule has 124 valence electrons. The molecular weight excluding hydrogens is 290 g/mol. The van der Waals surface area contributed by atoms with Crippen molar-refractivity contribution in [2.45, 2.75) is 58.2 Å². The van der Waals surface area contributed by atoms with Gasteiger partial charge in [0.1, 0.15) is 5.60 Å². The lowest BCUT2D eigenvalue weighted by Gasteiger charge is -2.37. The lowest BCUT2D eigenvalue weighted by molar-refractivity contribution is -0.147. The molecule has 0 aromatic carbocycles. The van der Waals surface area contributed by atoms with Gasteiger partial charge >= 0.3 is 18.0 Å². The van der Waals surface area contributed by atoms with Crippen LogP contribution in [-0.4, -0.2) is 57.0 Å². The van der Waals surface area contributed by atoms with Gasteiger partial charge in [0.15, 0.2) is 0 Å². The summed E-state index contributed by atoms with van der Waals surface area (Å²) in [4.78, 5) is 27.8. The Kier molecular flexibility index (Phi) is 5.68. The Morgan fingerprint density at radius 2 is 1.86 bits per heavy atom. The first kappa shape index (κ1) is 18.1. The van der Waals surface area contributed by atoms with Gasteiger partial charge in [0, 0.05) is 13.1 Å². The largest absolute Gasteiger partial charge is 0.454 e. The van der Waals surface area contributed by atoms with Crippen LogP contribution in [0.25, 0.3) is 5.53 Å². The van der Waals surface area contributed by atoms with Crippen molar-refractivity contribution < 1.29 is 29.0 Å². The molecule has 8 nitrogen and oxygen atoms in total. The number of piperidine rings is 1. The van der Waals surface area contributed by atoms with Crippen molar-refractivity contribution in [1.29, 1.82) is 0 Å². The highest BCUT2D eigenvalue weighted by molar-refractivity contribution is 5.84. The van der Waals surface area contributed by atoms with E-state index in [1.165, 1.54) is 11.8 Å². The third-order valence-corrected chi connectivity index (χ3v) is 3.22. The predicted octanol–water partition coefficient (Wildman–Crippen LogP) is 1.33. The first-order chi connectivity index (χ1) is 10.0. The molecule has 0 aliphatic carbocycles. The number of ether oxygens (including phenoxy) is 2. The molecule has 0 radical (unpaired) electrons. The van der Waals surface area contributed by atoms with E-state index in [4.69, 9.17) is 15.0 Å². The van der Waals surface area contributed by atoms with E-state index in [9.17, 15) is 14.7 Å². The molecule has 0 atom stereocenters. The van der Waals surface area contributed by atoms with Crippen LogP contribution in [-0.2, 0) is 14.3 Å². The molecule has 0 bridgehead atoms. The Balaban J connectivity index is 2.51. The fraction of sp³-hybridized carbons (Fsp3) is 0.786. The van der Waals surface area contributed by atoms with Gasteiger partial charge in [-0.05, 0) is 33.6 Å². The lowest BCUT2D eigenvalue weighted by atomic mass is 9.88. The third kappa shape index (κ3) is 5.83. The molecule has 0 spiro atoms. The lowest BCUT2D eigenvalue weighted by Crippen LogP contribution is -2.49. The van der Waals surface area contributed by atoms with Crippen LogP contribution in [0, 0.1) is 0 Å². The average Bonchev–Trinajstić information content (AvgIpc) is 2.36. The minimum atomic E-state index is -1.23. The van der Waals surface area contributed by atoms with E-state index < -0.39 is 23.3 Å². The molecule has 22 heavy (non-hydrogen) atoms. The fourth-order valence-electron chi connectivity index (χ4n) is 2.10. The number of likely N-dealkylation sites (tertiary alicyclic amines) is 1. The first-order valence-corrected chi connectivity index (χ1v) is 7.14. The van der Waals surface area contributed by atoms with Crippen LogP contribution in [0.15, 0.2) is 0 Å². The topological polar surface area (TPSA) is 112 Å². The molecule has 0 aromatic rings. The molecule has 1 amide bonds. The van der Waals surface area contributed by atoms with Gasteiger partial charge in [-0.1, -0.05) is 0 Å². The monoisotopic (exact) mass is 313 g/mol. The third-order valence-electron chi connectivity index (χ3n) is 3.22. The van der Waals surface area contributed by atoms with Crippen LogP contribution in [0.1, 0.15) is 47.0 Å². The summed E-state index contributed by atoms with van der Waals surface area (Å²) < 4.78 is 9.97. The molecular formula is C14H23N3O5. The predicted molar refractivity (Wildman–Crippen MR) is 77.0 cm³/mol. The average molecular weight is 313 g/mol. The van der Waals surface area contributed by atoms with Gasteiger partial charge in [0.2, 0.25) is 0 Å². The van der Waals surface area contributed by atoms with Gasteiger partial charge in [-0.25, -0.2) is 4.79 Å². The maximum absolute atomic E-state index is 11.9. The molecule has 0 aromatic heterocycles. The standard InChI is InChI=1S/C14H23N3O5/c1-10(16-15)21-11(18)9-14(20)5-7-17(8-6-14)12(19)22-13(2,3)4/h20H,5-9H2,1-4H3. The molecule has 1 aliphatic heterocycles. The highest BCUT2D eigenvalue weighted by Crippen LogP contribution is 2.27. The Morgan fingerprint density at radius 3 is 2.32 bits per heavy atom. The normalized spacial score (nSPS) is 17.4. The molecule has 1 N–H and O–H groups in total. The van der Waals surface area contributed by atoms with Crippen molar-refractivity contribution in [3.63, 3.8) is 0 Å². The van der Waals surface area contributed by atoms with Crippen LogP contribution in [0.3, 0.4) is 0 Å². The number of hydrogen-bond donors (Lipinski definition) is 1. The Labute approximate surface area is 129 Å². The second-order valence-corrected chi connectivity index (χ2v) is 6.46. The number of aliphatic hydroxyl groups is 1. The minimum Gasteiger partial charge on any atom is -0.444 e. The van der Waals surface area contributed by atoms with E-state index in [0.29, 0.717) is 13.1 Å². The number of rotatable bonds is 2. The van der Waals surface area contributed by atoms with Crippen LogP contribution in [0.5, 0.6) is 0 Å². The van der Waals surface area contributed by atoms with E-state index in [1.54, 1.807) is 20.8 Å². The summed E-state index contributed by atoms with van der Waals surface area (Å²) in [6.45, 7) is 7.27. The second kappa shape index (κ2) is 6.89. The Morgan fingerprint density at radius 1 is 1.32 bits per heavy atom. The van der Waals surface area contributed by atoms with E-state index >= 15 is 0 Å². The molecule has 1 aliphatic rings. The molecule has 8 heteroatoms. The maximum Gasteiger partial charge on any atom is 0.454 e. The molecule has 0 saturated carbocycles. The number of hydrogen-bond acceptors (Lipinski definition) is 5.